The first-order valence-electron chi connectivity index (χ1n) is 8.61. The van der Waals surface area contributed by atoms with Crippen molar-refractivity contribution in [3.05, 3.63) is 42.2 Å². The standard InChI is InChI=1S/C19H25N5O/c1-14-4-3-8-24(14)13-19(25)22-18-11-17-10-15(7-9-23(2)20)5-6-16(17)12-21-18/h5-7,9-12,14H,3-4,8,13,20H2,1-2H3,(H,21,22,25)/b9-7+/t14-/m0/s1. The quantitative estimate of drug-likeness (QED) is 0.646. The number of anilines is 1. The molecule has 0 radical (unpaired) electrons. The Morgan fingerprint density at radius 3 is 3.00 bits per heavy atom. The molecule has 0 unspecified atom stereocenters. The van der Waals surface area contributed by atoms with Gasteiger partial charge >= 0.3 is 0 Å². The van der Waals surface area contributed by atoms with Crippen molar-refractivity contribution in [2.75, 3.05) is 25.5 Å². The van der Waals surface area contributed by atoms with Crippen molar-refractivity contribution >= 4 is 28.6 Å². The van der Waals surface area contributed by atoms with Crippen LogP contribution in [0, 0.1) is 0 Å². The summed E-state index contributed by atoms with van der Waals surface area (Å²) in [6.07, 6.45) is 7.84. The second kappa shape index (κ2) is 7.63. The van der Waals surface area contributed by atoms with Crippen LogP contribution in [0.1, 0.15) is 25.3 Å². The highest BCUT2D eigenvalue weighted by molar-refractivity contribution is 5.94. The number of rotatable bonds is 5. The Morgan fingerprint density at radius 2 is 2.28 bits per heavy atom. The molecule has 132 valence electrons. The summed E-state index contributed by atoms with van der Waals surface area (Å²) < 4.78 is 0. The molecular formula is C19H25N5O. The number of carbonyl (C=O) groups excluding carboxylic acids is 1. The Bertz CT molecular complexity index is 786. The normalized spacial score (nSPS) is 18.1. The summed E-state index contributed by atoms with van der Waals surface area (Å²) in [6, 6.07) is 8.46. The van der Waals surface area contributed by atoms with Crippen molar-refractivity contribution in [1.82, 2.24) is 14.9 Å². The molecule has 6 heteroatoms. The monoisotopic (exact) mass is 339 g/mol. The van der Waals surface area contributed by atoms with E-state index in [1.807, 2.05) is 24.3 Å². The maximum atomic E-state index is 12.3. The molecular weight excluding hydrogens is 314 g/mol. The number of amides is 1. The number of fused-ring (bicyclic) bond motifs is 1. The third-order valence-electron chi connectivity index (χ3n) is 4.55. The van der Waals surface area contributed by atoms with E-state index in [1.165, 1.54) is 5.01 Å². The van der Waals surface area contributed by atoms with E-state index < -0.39 is 0 Å². The molecule has 0 aliphatic carbocycles. The smallest absolute Gasteiger partial charge is 0.239 e. The van der Waals surface area contributed by atoms with Crippen molar-refractivity contribution < 1.29 is 4.79 Å². The number of hydrogen-bond acceptors (Lipinski definition) is 5. The first-order valence-corrected chi connectivity index (χ1v) is 8.61. The Hall–Kier alpha value is -2.44. The highest BCUT2D eigenvalue weighted by Crippen LogP contribution is 2.20. The Labute approximate surface area is 148 Å². The van der Waals surface area contributed by atoms with Crippen molar-refractivity contribution in [1.29, 1.82) is 0 Å². The van der Waals surface area contributed by atoms with Crippen molar-refractivity contribution in [2.24, 2.45) is 5.84 Å². The molecule has 0 spiro atoms. The summed E-state index contributed by atoms with van der Waals surface area (Å²) in [4.78, 5) is 18.8. The largest absolute Gasteiger partial charge is 0.321 e. The van der Waals surface area contributed by atoms with Gasteiger partial charge in [-0.25, -0.2) is 10.8 Å². The summed E-state index contributed by atoms with van der Waals surface area (Å²) in [7, 11) is 1.77. The molecule has 1 aromatic heterocycles. The van der Waals surface area contributed by atoms with E-state index in [4.69, 9.17) is 5.84 Å². The zero-order valence-electron chi connectivity index (χ0n) is 14.8. The van der Waals surface area contributed by atoms with Gasteiger partial charge in [-0.05, 0) is 55.5 Å². The van der Waals surface area contributed by atoms with Crippen LogP contribution >= 0.6 is 0 Å². The Balaban J connectivity index is 1.72. The molecule has 25 heavy (non-hydrogen) atoms. The zero-order chi connectivity index (χ0) is 17.8. The van der Waals surface area contributed by atoms with Gasteiger partial charge in [0.2, 0.25) is 5.91 Å². The van der Waals surface area contributed by atoms with E-state index in [0.717, 1.165) is 35.7 Å². The summed E-state index contributed by atoms with van der Waals surface area (Å²) in [6.45, 7) is 3.58. The lowest BCUT2D eigenvalue weighted by Crippen LogP contribution is -2.35. The third-order valence-corrected chi connectivity index (χ3v) is 4.55. The topological polar surface area (TPSA) is 74.5 Å². The molecule has 1 aliphatic heterocycles. The fourth-order valence-electron chi connectivity index (χ4n) is 3.13. The van der Waals surface area contributed by atoms with Crippen LogP contribution in [0.25, 0.3) is 16.8 Å². The zero-order valence-corrected chi connectivity index (χ0v) is 14.8. The van der Waals surface area contributed by atoms with Crippen LogP contribution in [-0.2, 0) is 4.79 Å². The lowest BCUT2D eigenvalue weighted by Gasteiger charge is -2.19. The summed E-state index contributed by atoms with van der Waals surface area (Å²) in [5, 5.41) is 6.48. The van der Waals surface area contributed by atoms with Crippen molar-refractivity contribution in [3.63, 3.8) is 0 Å². The molecule has 3 N–H and O–H groups in total. The van der Waals surface area contributed by atoms with Crippen LogP contribution in [0.3, 0.4) is 0 Å². The van der Waals surface area contributed by atoms with Gasteiger partial charge in [-0.15, -0.1) is 0 Å². The van der Waals surface area contributed by atoms with Gasteiger partial charge in [-0.1, -0.05) is 12.1 Å². The van der Waals surface area contributed by atoms with Crippen LogP contribution in [0.5, 0.6) is 0 Å². The van der Waals surface area contributed by atoms with E-state index in [0.29, 0.717) is 18.4 Å². The number of pyridine rings is 1. The van der Waals surface area contributed by atoms with E-state index in [1.54, 1.807) is 19.4 Å². The molecule has 1 saturated heterocycles. The van der Waals surface area contributed by atoms with Crippen LogP contribution in [0.2, 0.25) is 0 Å². The van der Waals surface area contributed by atoms with Crippen LogP contribution < -0.4 is 11.2 Å². The van der Waals surface area contributed by atoms with Gasteiger partial charge in [0.1, 0.15) is 5.82 Å². The molecule has 3 rings (SSSR count). The number of hydrazine groups is 1. The molecule has 1 aliphatic rings. The highest BCUT2D eigenvalue weighted by atomic mass is 16.2. The maximum absolute atomic E-state index is 12.3. The fraction of sp³-hybridized carbons (Fsp3) is 0.368. The SMILES string of the molecule is C[C@H]1CCCN1CC(=O)Nc1cc2cc(/C=C/N(C)N)ccc2cn1. The van der Waals surface area contributed by atoms with Gasteiger partial charge in [-0.3, -0.25) is 9.69 Å². The summed E-state index contributed by atoms with van der Waals surface area (Å²) in [5.41, 5.74) is 1.04. The molecule has 2 heterocycles. The van der Waals surface area contributed by atoms with E-state index in [2.05, 4.69) is 28.2 Å². The molecule has 1 aromatic carbocycles. The lowest BCUT2D eigenvalue weighted by molar-refractivity contribution is -0.117. The second-order valence-corrected chi connectivity index (χ2v) is 6.67. The predicted molar refractivity (Wildman–Crippen MR) is 102 cm³/mol. The second-order valence-electron chi connectivity index (χ2n) is 6.67. The van der Waals surface area contributed by atoms with Crippen LogP contribution in [0.4, 0.5) is 5.82 Å². The molecule has 6 nitrogen and oxygen atoms in total. The van der Waals surface area contributed by atoms with E-state index in [9.17, 15) is 4.79 Å². The molecule has 2 aromatic rings. The first-order chi connectivity index (χ1) is 12.0. The molecule has 0 saturated carbocycles. The fourth-order valence-corrected chi connectivity index (χ4v) is 3.13. The summed E-state index contributed by atoms with van der Waals surface area (Å²) in [5.74, 6) is 6.17. The number of aromatic nitrogens is 1. The minimum absolute atomic E-state index is 0.0126. The van der Waals surface area contributed by atoms with Gasteiger partial charge in [0.25, 0.3) is 0 Å². The number of likely N-dealkylation sites (tertiary alicyclic amines) is 1. The molecule has 0 bridgehead atoms. The van der Waals surface area contributed by atoms with Crippen LogP contribution in [-0.4, -0.2) is 47.0 Å². The third kappa shape index (κ3) is 4.55. The lowest BCUT2D eigenvalue weighted by atomic mass is 10.1. The highest BCUT2D eigenvalue weighted by Gasteiger charge is 2.22. The van der Waals surface area contributed by atoms with E-state index in [-0.39, 0.29) is 5.91 Å². The average Bonchev–Trinajstić information content (AvgIpc) is 2.97. The van der Waals surface area contributed by atoms with Gasteiger partial charge in [0.15, 0.2) is 0 Å². The average molecular weight is 339 g/mol. The Morgan fingerprint density at radius 1 is 1.44 bits per heavy atom. The van der Waals surface area contributed by atoms with Gasteiger partial charge in [0, 0.05) is 30.9 Å². The van der Waals surface area contributed by atoms with E-state index >= 15 is 0 Å². The minimum Gasteiger partial charge on any atom is -0.321 e. The number of carbonyl (C=O) groups is 1. The van der Waals surface area contributed by atoms with Crippen molar-refractivity contribution in [2.45, 2.75) is 25.8 Å². The number of nitrogens with one attached hydrogen (secondary N) is 1. The van der Waals surface area contributed by atoms with Crippen LogP contribution in [0.15, 0.2) is 36.7 Å². The van der Waals surface area contributed by atoms with Crippen molar-refractivity contribution in [3.8, 4) is 0 Å². The minimum atomic E-state index is -0.0126. The number of nitrogens with two attached hydrogens (primary N) is 1. The number of nitrogens with zero attached hydrogens (tertiary/aromatic N) is 3. The first kappa shape index (κ1) is 17.4. The molecule has 1 amide bonds. The summed E-state index contributed by atoms with van der Waals surface area (Å²) >= 11 is 0. The number of hydrogen-bond donors (Lipinski definition) is 2. The van der Waals surface area contributed by atoms with Gasteiger partial charge in [-0.2, -0.15) is 0 Å². The maximum Gasteiger partial charge on any atom is 0.239 e. The Kier molecular flexibility index (Phi) is 5.31. The number of benzene rings is 1. The predicted octanol–water partition coefficient (Wildman–Crippen LogP) is 2.43. The molecule has 1 atom stereocenters. The van der Waals surface area contributed by atoms with Gasteiger partial charge < -0.3 is 10.3 Å². The molecule has 1 fully saturated rings. The van der Waals surface area contributed by atoms with Gasteiger partial charge in [0.05, 0.1) is 6.54 Å².